The van der Waals surface area contributed by atoms with Crippen LogP contribution in [-0.2, 0) is 22.4 Å². The van der Waals surface area contributed by atoms with Gasteiger partial charge in [-0.25, -0.2) is 4.79 Å². The number of hydrogen-bond donors (Lipinski definition) is 1. The van der Waals surface area contributed by atoms with Crippen molar-refractivity contribution in [3.05, 3.63) is 88.6 Å². The predicted molar refractivity (Wildman–Crippen MR) is 170 cm³/mol. The number of aromatic amines is 1. The molecule has 0 spiro atoms. The second-order valence-corrected chi connectivity index (χ2v) is 12.3. The van der Waals surface area contributed by atoms with E-state index in [0.717, 1.165) is 38.7 Å². The van der Waals surface area contributed by atoms with E-state index in [1.54, 1.807) is 20.3 Å². The highest BCUT2D eigenvalue weighted by Crippen LogP contribution is 2.52. The number of hydrogen-bond acceptors (Lipinski definition) is 9. The minimum atomic E-state index is -0.448. The van der Waals surface area contributed by atoms with E-state index in [1.165, 1.54) is 6.08 Å². The van der Waals surface area contributed by atoms with Crippen molar-refractivity contribution in [1.82, 2.24) is 14.8 Å². The quantitative estimate of drug-likeness (QED) is 0.237. The molecule has 234 valence electrons. The molecule has 4 aliphatic rings. The highest BCUT2D eigenvalue weighted by atomic mass is 16.7. The van der Waals surface area contributed by atoms with Crippen LogP contribution < -0.4 is 18.9 Å². The van der Waals surface area contributed by atoms with Crippen molar-refractivity contribution in [2.24, 2.45) is 0 Å². The lowest BCUT2D eigenvalue weighted by molar-refractivity contribution is -0.143. The van der Waals surface area contributed by atoms with Gasteiger partial charge in [0, 0.05) is 40.8 Å². The number of aromatic nitrogens is 1. The van der Waals surface area contributed by atoms with Crippen molar-refractivity contribution in [3.8, 4) is 29.1 Å². The Balaban J connectivity index is 1.17. The number of benzene rings is 3. The number of nitriles is 1. The molecule has 5 atom stereocenters. The maximum absolute atomic E-state index is 13.2. The molecule has 0 radical (unpaired) electrons. The van der Waals surface area contributed by atoms with Gasteiger partial charge in [-0.3, -0.25) is 9.80 Å². The monoisotopic (exact) mass is 618 g/mol. The zero-order valence-electron chi connectivity index (χ0n) is 25.9. The van der Waals surface area contributed by atoms with Gasteiger partial charge in [0.25, 0.3) is 0 Å². The Kier molecular flexibility index (Phi) is 6.89. The summed E-state index contributed by atoms with van der Waals surface area (Å²) in [6.45, 7) is 0.243. The molecule has 1 N–H and O–H groups in total. The standard InChI is InChI=1S/C36H34N4O6/c1-39-27-10-22-12-31(42-2)32(43-3)15-25(22)36(39)28-11-21-13-33-34(46-19-45-33)14-24(21)30(40(28)29(27)16-37)18-44-35(41)9-8-20-17-38-26-7-5-4-6-23(20)26/h4-9,12-15,17,27-30,36,38H,10-11,18-19H2,1-3H3/b9-8+/t27-,28-,29-,30-,36+/m0/s1. The summed E-state index contributed by atoms with van der Waals surface area (Å²) in [5.74, 6) is 2.28. The molecule has 0 amide bonds. The predicted octanol–water partition coefficient (Wildman–Crippen LogP) is 4.94. The molecule has 5 heterocycles. The van der Waals surface area contributed by atoms with Gasteiger partial charge in [-0.05, 0) is 78.6 Å². The van der Waals surface area contributed by atoms with Gasteiger partial charge in [0.2, 0.25) is 6.79 Å². The molecule has 0 saturated carbocycles. The molecule has 4 aliphatic heterocycles. The number of nitrogens with zero attached hydrogens (tertiary/aromatic N) is 3. The molecule has 8 rings (SSSR count). The first kappa shape index (κ1) is 28.5. The normalized spacial score (nSPS) is 24.6. The Labute approximate surface area is 266 Å². The number of H-pyrrole nitrogens is 1. The van der Waals surface area contributed by atoms with Crippen molar-refractivity contribution >= 4 is 22.9 Å². The van der Waals surface area contributed by atoms with Crippen LogP contribution in [0.25, 0.3) is 17.0 Å². The van der Waals surface area contributed by atoms with Gasteiger partial charge in [0.15, 0.2) is 23.0 Å². The lowest BCUT2D eigenvalue weighted by atomic mass is 9.72. The highest BCUT2D eigenvalue weighted by molar-refractivity contribution is 5.94. The minimum Gasteiger partial charge on any atom is -0.493 e. The fourth-order valence-electron chi connectivity index (χ4n) is 8.01. The molecule has 4 aromatic rings. The molecular weight excluding hydrogens is 584 g/mol. The summed E-state index contributed by atoms with van der Waals surface area (Å²) in [7, 11) is 5.40. The fraction of sp³-hybridized carbons (Fsp3) is 0.333. The molecule has 1 fully saturated rings. The summed E-state index contributed by atoms with van der Waals surface area (Å²) in [5.41, 5.74) is 6.31. The number of ether oxygens (including phenoxy) is 5. The molecule has 0 aliphatic carbocycles. The van der Waals surface area contributed by atoms with Gasteiger partial charge in [-0.15, -0.1) is 0 Å². The van der Waals surface area contributed by atoms with Crippen molar-refractivity contribution in [1.29, 1.82) is 5.26 Å². The number of likely N-dealkylation sites (N-methyl/N-ethyl adjacent to an activating group) is 1. The number of carbonyl (C=O) groups is 1. The van der Waals surface area contributed by atoms with Crippen LogP contribution in [-0.4, -0.2) is 73.5 Å². The van der Waals surface area contributed by atoms with Gasteiger partial charge < -0.3 is 28.7 Å². The van der Waals surface area contributed by atoms with Gasteiger partial charge >= 0.3 is 5.97 Å². The number of para-hydroxylation sites is 1. The number of methoxy groups -OCH3 is 2. The largest absolute Gasteiger partial charge is 0.493 e. The first-order valence-corrected chi connectivity index (χ1v) is 15.5. The van der Waals surface area contributed by atoms with E-state index in [4.69, 9.17) is 23.7 Å². The lowest BCUT2D eigenvalue weighted by Gasteiger charge is -2.59. The molecule has 2 bridgehead atoms. The van der Waals surface area contributed by atoms with Crippen LogP contribution in [0.3, 0.4) is 0 Å². The minimum absolute atomic E-state index is 0.0308. The van der Waals surface area contributed by atoms with Crippen LogP contribution in [0.2, 0.25) is 0 Å². The number of esters is 1. The maximum atomic E-state index is 13.2. The third kappa shape index (κ3) is 4.42. The van der Waals surface area contributed by atoms with Crippen LogP contribution in [0.5, 0.6) is 23.0 Å². The Morgan fingerprint density at radius 1 is 1.02 bits per heavy atom. The zero-order chi connectivity index (χ0) is 31.5. The van der Waals surface area contributed by atoms with E-state index in [2.05, 4.69) is 40.0 Å². The van der Waals surface area contributed by atoms with Crippen LogP contribution in [0.15, 0.2) is 60.8 Å². The van der Waals surface area contributed by atoms with E-state index in [0.29, 0.717) is 35.8 Å². The number of carbonyl (C=O) groups excluding carboxylic acids is 1. The summed E-state index contributed by atoms with van der Waals surface area (Å²) >= 11 is 0. The Morgan fingerprint density at radius 3 is 2.57 bits per heavy atom. The molecule has 1 saturated heterocycles. The summed E-state index contributed by atoms with van der Waals surface area (Å²) in [6.07, 6.45) is 6.48. The summed E-state index contributed by atoms with van der Waals surface area (Å²) in [6, 6.07) is 17.8. The SMILES string of the molecule is COc1cc2c(cc1OC)[C@@H]1[C@@H]3Cc4cc5c(cc4[C@H](COC(=O)/C=C/c4c[nH]c6ccccc46)N3[C@@H](C#N)[C@H](C2)N1C)OCO5. The summed E-state index contributed by atoms with van der Waals surface area (Å²) in [4.78, 5) is 21.0. The third-order valence-corrected chi connectivity index (χ3v) is 10.1. The Hall–Kier alpha value is -4.98. The number of piperazine rings is 1. The average Bonchev–Trinajstić information content (AvgIpc) is 3.71. The van der Waals surface area contributed by atoms with E-state index in [1.807, 2.05) is 42.6 Å². The van der Waals surface area contributed by atoms with Crippen LogP contribution in [0, 0.1) is 11.3 Å². The van der Waals surface area contributed by atoms with Gasteiger partial charge in [-0.2, -0.15) is 5.26 Å². The maximum Gasteiger partial charge on any atom is 0.330 e. The third-order valence-electron chi connectivity index (χ3n) is 10.1. The van der Waals surface area contributed by atoms with Crippen molar-refractivity contribution in [3.63, 3.8) is 0 Å². The van der Waals surface area contributed by atoms with Crippen LogP contribution >= 0.6 is 0 Å². The van der Waals surface area contributed by atoms with E-state index in [9.17, 15) is 10.1 Å². The van der Waals surface area contributed by atoms with E-state index >= 15 is 0 Å². The second-order valence-electron chi connectivity index (χ2n) is 12.3. The van der Waals surface area contributed by atoms with Crippen molar-refractivity contribution in [2.75, 3.05) is 34.7 Å². The highest BCUT2D eigenvalue weighted by Gasteiger charge is 2.54. The number of fused-ring (bicyclic) bond motifs is 9. The zero-order valence-corrected chi connectivity index (χ0v) is 25.9. The van der Waals surface area contributed by atoms with Crippen LogP contribution in [0.1, 0.15) is 39.9 Å². The van der Waals surface area contributed by atoms with E-state index < -0.39 is 12.0 Å². The molecular formula is C36H34N4O6. The molecule has 10 nitrogen and oxygen atoms in total. The molecule has 46 heavy (non-hydrogen) atoms. The van der Waals surface area contributed by atoms with Crippen molar-refractivity contribution in [2.45, 2.75) is 43.1 Å². The first-order chi connectivity index (χ1) is 22.5. The molecule has 1 aromatic heterocycles. The van der Waals surface area contributed by atoms with E-state index in [-0.39, 0.29) is 37.6 Å². The molecule has 10 heteroatoms. The average molecular weight is 619 g/mol. The number of nitrogens with one attached hydrogen (secondary N) is 1. The van der Waals surface area contributed by atoms with Crippen molar-refractivity contribution < 1.29 is 28.5 Å². The van der Waals surface area contributed by atoms with Gasteiger partial charge in [0.05, 0.1) is 32.4 Å². The number of rotatable bonds is 6. The molecule has 3 aromatic carbocycles. The lowest BCUT2D eigenvalue weighted by Crippen LogP contribution is -2.68. The molecule has 0 unspecified atom stereocenters. The smallest absolute Gasteiger partial charge is 0.330 e. The second kappa shape index (κ2) is 11.1. The fourth-order valence-corrected chi connectivity index (χ4v) is 8.01. The topological polar surface area (TPSA) is 109 Å². The van der Waals surface area contributed by atoms with Gasteiger partial charge in [-0.1, -0.05) is 18.2 Å². The Bertz CT molecular complexity index is 1930. The van der Waals surface area contributed by atoms with Gasteiger partial charge in [0.1, 0.15) is 12.6 Å². The van der Waals surface area contributed by atoms with Crippen LogP contribution in [0.4, 0.5) is 0 Å². The summed E-state index contributed by atoms with van der Waals surface area (Å²) in [5, 5.41) is 11.8. The Morgan fingerprint density at radius 2 is 1.76 bits per heavy atom. The first-order valence-electron chi connectivity index (χ1n) is 15.5. The summed E-state index contributed by atoms with van der Waals surface area (Å²) < 4.78 is 28.9.